The second-order valence-corrected chi connectivity index (χ2v) is 6.39. The van der Waals surface area contributed by atoms with Crippen molar-refractivity contribution in [1.29, 1.82) is 0 Å². The van der Waals surface area contributed by atoms with E-state index in [1.807, 2.05) is 0 Å². The predicted octanol–water partition coefficient (Wildman–Crippen LogP) is 2.98. The summed E-state index contributed by atoms with van der Waals surface area (Å²) < 4.78 is 15.3. The first-order chi connectivity index (χ1) is 13.4. The van der Waals surface area contributed by atoms with Crippen molar-refractivity contribution in [2.24, 2.45) is 0 Å². The summed E-state index contributed by atoms with van der Waals surface area (Å²) in [7, 11) is 4.44. The molecule has 146 valence electrons. The Bertz CT molecular complexity index is 905. The number of benzene rings is 2. The number of methoxy groups -OCH3 is 3. The number of esters is 1. The van der Waals surface area contributed by atoms with E-state index in [0.29, 0.717) is 22.9 Å². The highest BCUT2D eigenvalue weighted by molar-refractivity contribution is 6.16. The minimum Gasteiger partial charge on any atom is -0.497 e. The molecule has 7 nitrogen and oxygen atoms in total. The first-order valence-corrected chi connectivity index (χ1v) is 8.64. The molecule has 0 spiro atoms. The Labute approximate surface area is 163 Å². The average Bonchev–Trinajstić information content (AvgIpc) is 2.98. The Kier molecular flexibility index (Phi) is 5.26. The van der Waals surface area contributed by atoms with Crippen molar-refractivity contribution in [1.82, 2.24) is 0 Å². The Morgan fingerprint density at radius 1 is 0.929 bits per heavy atom. The minimum absolute atomic E-state index is 0.286. The third kappa shape index (κ3) is 3.38. The summed E-state index contributed by atoms with van der Waals surface area (Å²) >= 11 is 0. The quantitative estimate of drug-likeness (QED) is 0.774. The molecule has 0 aromatic heterocycles. The second-order valence-electron chi connectivity index (χ2n) is 6.39. The first-order valence-electron chi connectivity index (χ1n) is 8.64. The molecule has 0 bridgehead atoms. The van der Waals surface area contributed by atoms with Gasteiger partial charge in [-0.25, -0.2) is 4.79 Å². The maximum absolute atomic E-state index is 13.2. The van der Waals surface area contributed by atoms with Gasteiger partial charge in [-0.1, -0.05) is 0 Å². The Morgan fingerprint density at radius 2 is 1.46 bits per heavy atom. The summed E-state index contributed by atoms with van der Waals surface area (Å²) in [6, 6.07) is 14.1. The highest BCUT2D eigenvalue weighted by atomic mass is 16.5. The molecular formula is C21H22N2O5. The van der Waals surface area contributed by atoms with Gasteiger partial charge in [0, 0.05) is 11.4 Å². The number of rotatable bonds is 6. The van der Waals surface area contributed by atoms with E-state index in [9.17, 15) is 9.59 Å². The van der Waals surface area contributed by atoms with Crippen molar-refractivity contribution in [3.8, 4) is 11.5 Å². The lowest BCUT2D eigenvalue weighted by Gasteiger charge is -2.31. The predicted molar refractivity (Wildman–Crippen MR) is 106 cm³/mol. The number of amides is 1. The van der Waals surface area contributed by atoms with Gasteiger partial charge >= 0.3 is 5.97 Å². The molecule has 2 aromatic carbocycles. The van der Waals surface area contributed by atoms with Crippen LogP contribution in [0.3, 0.4) is 0 Å². The van der Waals surface area contributed by atoms with Crippen LogP contribution in [0, 0.1) is 0 Å². The Hall–Kier alpha value is -3.48. The lowest BCUT2D eigenvalue weighted by atomic mass is 10.0. The van der Waals surface area contributed by atoms with Crippen LogP contribution in [0.25, 0.3) is 0 Å². The summed E-state index contributed by atoms with van der Waals surface area (Å²) in [6.07, 6.45) is 1.58. The molecule has 0 saturated carbocycles. The molecule has 3 rings (SSSR count). The van der Waals surface area contributed by atoms with Crippen LogP contribution in [-0.4, -0.2) is 38.7 Å². The molecule has 0 radical (unpaired) electrons. The molecule has 7 heteroatoms. The van der Waals surface area contributed by atoms with E-state index in [2.05, 4.69) is 5.32 Å². The van der Waals surface area contributed by atoms with Crippen LogP contribution < -0.4 is 19.7 Å². The molecule has 1 atom stereocenters. The number of carbonyl (C=O) groups excluding carboxylic acids is 2. The zero-order valence-electron chi connectivity index (χ0n) is 16.2. The molecule has 1 N–H and O–H groups in total. The third-order valence-corrected chi connectivity index (χ3v) is 4.62. The molecule has 28 heavy (non-hydrogen) atoms. The van der Waals surface area contributed by atoms with Crippen molar-refractivity contribution in [3.05, 3.63) is 60.3 Å². The van der Waals surface area contributed by atoms with Gasteiger partial charge in [0.2, 0.25) is 0 Å². The van der Waals surface area contributed by atoms with Gasteiger partial charge in [0.1, 0.15) is 17.2 Å². The van der Waals surface area contributed by atoms with Crippen LogP contribution in [0.1, 0.15) is 6.92 Å². The maximum Gasteiger partial charge on any atom is 0.336 e. The molecule has 0 fully saturated rings. The largest absolute Gasteiger partial charge is 0.497 e. The highest BCUT2D eigenvalue weighted by Crippen LogP contribution is 2.36. The van der Waals surface area contributed by atoms with E-state index in [4.69, 9.17) is 14.2 Å². The second kappa shape index (κ2) is 7.64. The molecule has 1 aliphatic heterocycles. The SMILES string of the molecule is COC(=O)C1(C)C=C(Nc2ccc(OC)cc2)C(=O)N1c1ccc(OC)cc1. The maximum atomic E-state index is 13.2. The zero-order valence-corrected chi connectivity index (χ0v) is 16.2. The van der Waals surface area contributed by atoms with Crippen LogP contribution in [-0.2, 0) is 14.3 Å². The van der Waals surface area contributed by atoms with Gasteiger partial charge in [-0.15, -0.1) is 0 Å². The average molecular weight is 382 g/mol. The van der Waals surface area contributed by atoms with Crippen LogP contribution in [0.4, 0.5) is 11.4 Å². The summed E-state index contributed by atoms with van der Waals surface area (Å²) in [6.45, 7) is 1.64. The van der Waals surface area contributed by atoms with Gasteiger partial charge in [-0.2, -0.15) is 0 Å². The molecule has 0 saturated heterocycles. The summed E-state index contributed by atoms with van der Waals surface area (Å²) in [5, 5.41) is 3.08. The fourth-order valence-corrected chi connectivity index (χ4v) is 3.13. The smallest absolute Gasteiger partial charge is 0.336 e. The van der Waals surface area contributed by atoms with E-state index in [-0.39, 0.29) is 11.6 Å². The molecule has 0 aliphatic carbocycles. The van der Waals surface area contributed by atoms with Gasteiger partial charge in [0.25, 0.3) is 5.91 Å². The fraction of sp³-hybridized carbons (Fsp3) is 0.238. The minimum atomic E-state index is -1.28. The number of hydrogen-bond donors (Lipinski definition) is 1. The van der Waals surface area contributed by atoms with Gasteiger partial charge in [-0.05, 0) is 61.5 Å². The van der Waals surface area contributed by atoms with Crippen LogP contribution in [0.15, 0.2) is 60.3 Å². The van der Waals surface area contributed by atoms with E-state index >= 15 is 0 Å². The summed E-state index contributed by atoms with van der Waals surface area (Å²) in [5.74, 6) is 0.480. The van der Waals surface area contributed by atoms with E-state index in [1.165, 1.54) is 12.0 Å². The van der Waals surface area contributed by atoms with E-state index in [0.717, 1.165) is 0 Å². The third-order valence-electron chi connectivity index (χ3n) is 4.62. The molecule has 1 aliphatic rings. The lowest BCUT2D eigenvalue weighted by molar-refractivity contribution is -0.145. The number of nitrogens with zero attached hydrogens (tertiary/aromatic N) is 1. The van der Waals surface area contributed by atoms with Gasteiger partial charge in [0.05, 0.1) is 21.3 Å². The molecule has 1 amide bonds. The normalized spacial score (nSPS) is 18.5. The van der Waals surface area contributed by atoms with E-state index in [1.54, 1.807) is 75.8 Å². The van der Waals surface area contributed by atoms with Crippen LogP contribution in [0.2, 0.25) is 0 Å². The Morgan fingerprint density at radius 3 is 1.96 bits per heavy atom. The van der Waals surface area contributed by atoms with E-state index < -0.39 is 11.5 Å². The Balaban J connectivity index is 1.96. The topological polar surface area (TPSA) is 77.1 Å². The lowest BCUT2D eigenvalue weighted by Crippen LogP contribution is -2.51. The van der Waals surface area contributed by atoms with Crippen molar-refractivity contribution >= 4 is 23.3 Å². The summed E-state index contributed by atoms with van der Waals surface area (Å²) in [5.41, 5.74) is 0.259. The van der Waals surface area contributed by atoms with Crippen molar-refractivity contribution in [2.75, 3.05) is 31.5 Å². The summed E-state index contributed by atoms with van der Waals surface area (Å²) in [4.78, 5) is 27.1. The zero-order chi connectivity index (χ0) is 20.3. The molecule has 1 heterocycles. The number of hydrogen-bond acceptors (Lipinski definition) is 6. The van der Waals surface area contributed by atoms with Gasteiger partial charge < -0.3 is 19.5 Å². The van der Waals surface area contributed by atoms with Gasteiger partial charge in [0.15, 0.2) is 5.54 Å². The number of anilines is 2. The number of carbonyl (C=O) groups is 2. The van der Waals surface area contributed by atoms with Crippen molar-refractivity contribution in [3.63, 3.8) is 0 Å². The standard InChI is InChI=1S/C21H22N2O5/c1-21(20(25)28-4)13-18(22-14-5-9-16(26-2)10-6-14)19(24)23(21)15-7-11-17(27-3)12-8-15/h5-13,22H,1-4H3. The van der Waals surface area contributed by atoms with Crippen LogP contribution >= 0.6 is 0 Å². The van der Waals surface area contributed by atoms with Crippen molar-refractivity contribution < 1.29 is 23.8 Å². The molecule has 1 unspecified atom stereocenters. The first kappa shape index (κ1) is 19.3. The molecular weight excluding hydrogens is 360 g/mol. The highest BCUT2D eigenvalue weighted by Gasteiger charge is 2.49. The number of nitrogens with one attached hydrogen (secondary N) is 1. The molecule has 2 aromatic rings. The van der Waals surface area contributed by atoms with Gasteiger partial charge in [-0.3, -0.25) is 9.69 Å². The monoisotopic (exact) mass is 382 g/mol. The number of ether oxygens (including phenoxy) is 3. The fourth-order valence-electron chi connectivity index (χ4n) is 3.13. The van der Waals surface area contributed by atoms with Crippen LogP contribution in [0.5, 0.6) is 11.5 Å². The van der Waals surface area contributed by atoms with Crippen molar-refractivity contribution in [2.45, 2.75) is 12.5 Å².